The van der Waals surface area contributed by atoms with Gasteiger partial charge in [-0.15, -0.1) is 11.8 Å². The van der Waals surface area contributed by atoms with Gasteiger partial charge in [0.1, 0.15) is 6.04 Å². The van der Waals surface area contributed by atoms with Crippen LogP contribution in [0.1, 0.15) is 47.0 Å². The monoisotopic (exact) mass is 348 g/mol. The summed E-state index contributed by atoms with van der Waals surface area (Å²) in [6, 6.07) is -0.686. The largest absolute Gasteiger partial charge is 0.315 e. The number of nitrogens with one attached hydrogen (secondary N) is 1. The minimum Gasteiger partial charge on any atom is -0.315 e. The summed E-state index contributed by atoms with van der Waals surface area (Å²) >= 11 is 1.55. The summed E-state index contributed by atoms with van der Waals surface area (Å²) < 4.78 is 26.3. The second-order valence-corrected chi connectivity index (χ2v) is 10.7. The lowest BCUT2D eigenvalue weighted by atomic mass is 9.94. The lowest BCUT2D eigenvalue weighted by Gasteiger charge is -2.29. The van der Waals surface area contributed by atoms with Gasteiger partial charge in [0.2, 0.25) is 15.9 Å². The van der Waals surface area contributed by atoms with Gasteiger partial charge in [-0.2, -0.15) is 0 Å². The molecular formula is C14H24N2O4S2. The Hall–Kier alpha value is -0.760. The zero-order valence-corrected chi connectivity index (χ0v) is 15.1. The predicted octanol–water partition coefficient (Wildman–Crippen LogP) is 1.32. The van der Waals surface area contributed by atoms with Crippen molar-refractivity contribution in [2.45, 2.75) is 57.9 Å². The van der Waals surface area contributed by atoms with Crippen molar-refractivity contribution in [2.75, 3.05) is 11.5 Å². The standard InChI is InChI=1S/C14H24N2O4S2/c1-13(2,3)7-8-22(19,20)15-12(18)10-9-21-14(4)6-5-11(17)16(10)14/h10H,5-9H2,1-4H3,(H,15,18)/t10-,14-/m1/s1. The van der Waals surface area contributed by atoms with E-state index in [4.69, 9.17) is 0 Å². The first-order valence-electron chi connectivity index (χ1n) is 7.44. The van der Waals surface area contributed by atoms with Gasteiger partial charge in [0, 0.05) is 12.2 Å². The van der Waals surface area contributed by atoms with Gasteiger partial charge in [-0.05, 0) is 25.2 Å². The highest BCUT2D eigenvalue weighted by molar-refractivity contribution is 8.01. The molecule has 2 heterocycles. The molecule has 2 rings (SSSR count). The Kier molecular flexibility index (Phi) is 4.56. The highest BCUT2D eigenvalue weighted by atomic mass is 32.2. The summed E-state index contributed by atoms with van der Waals surface area (Å²) in [5.41, 5.74) is -0.121. The van der Waals surface area contributed by atoms with Crippen molar-refractivity contribution in [3.8, 4) is 0 Å². The number of hydrogen-bond acceptors (Lipinski definition) is 5. The molecule has 0 aliphatic carbocycles. The first-order valence-corrected chi connectivity index (χ1v) is 10.1. The molecule has 22 heavy (non-hydrogen) atoms. The number of fused-ring (bicyclic) bond motifs is 1. The van der Waals surface area contributed by atoms with Crippen molar-refractivity contribution < 1.29 is 18.0 Å². The van der Waals surface area contributed by atoms with Gasteiger partial charge in [-0.1, -0.05) is 20.8 Å². The molecule has 6 nitrogen and oxygen atoms in total. The van der Waals surface area contributed by atoms with Crippen molar-refractivity contribution in [3.05, 3.63) is 0 Å². The number of sulfonamides is 1. The molecule has 2 saturated heterocycles. The van der Waals surface area contributed by atoms with Gasteiger partial charge < -0.3 is 4.90 Å². The zero-order chi connectivity index (χ0) is 16.8. The van der Waals surface area contributed by atoms with E-state index >= 15 is 0 Å². The summed E-state index contributed by atoms with van der Waals surface area (Å²) in [5.74, 6) is -0.295. The molecule has 0 aromatic carbocycles. The van der Waals surface area contributed by atoms with Crippen LogP contribution >= 0.6 is 11.8 Å². The van der Waals surface area contributed by atoms with Crippen molar-refractivity contribution >= 4 is 33.6 Å². The van der Waals surface area contributed by atoms with E-state index in [-0.39, 0.29) is 21.9 Å². The third-order valence-electron chi connectivity index (χ3n) is 4.12. The average molecular weight is 348 g/mol. The number of thioether (sulfide) groups is 1. The van der Waals surface area contributed by atoms with Gasteiger partial charge in [0.05, 0.1) is 10.6 Å². The molecule has 8 heteroatoms. The van der Waals surface area contributed by atoms with E-state index in [2.05, 4.69) is 4.72 Å². The van der Waals surface area contributed by atoms with E-state index in [1.54, 1.807) is 16.7 Å². The van der Waals surface area contributed by atoms with Crippen LogP contribution in [0.3, 0.4) is 0 Å². The zero-order valence-electron chi connectivity index (χ0n) is 13.5. The summed E-state index contributed by atoms with van der Waals surface area (Å²) in [6.07, 6.45) is 1.59. The predicted molar refractivity (Wildman–Crippen MR) is 86.7 cm³/mol. The molecule has 2 fully saturated rings. The Balaban J connectivity index is 2.02. The van der Waals surface area contributed by atoms with E-state index in [1.165, 1.54) is 0 Å². The fourth-order valence-electron chi connectivity index (χ4n) is 2.73. The number of amides is 2. The molecule has 1 N–H and O–H groups in total. The summed E-state index contributed by atoms with van der Waals surface area (Å²) in [6.45, 7) is 7.79. The molecular weight excluding hydrogens is 324 g/mol. The maximum absolute atomic E-state index is 12.3. The second kappa shape index (κ2) is 5.70. The molecule has 0 aromatic rings. The van der Waals surface area contributed by atoms with Crippen LogP contribution in [0.2, 0.25) is 0 Å². The molecule has 2 aliphatic rings. The molecule has 2 aliphatic heterocycles. The van der Waals surface area contributed by atoms with E-state index in [1.807, 2.05) is 27.7 Å². The SMILES string of the molecule is CC(C)(C)CCS(=O)(=O)NC(=O)[C@H]1CS[C@]2(C)CCC(=O)N12. The number of carbonyl (C=O) groups is 2. The Labute approximate surface area is 136 Å². The Morgan fingerprint density at radius 2 is 2.09 bits per heavy atom. The quantitative estimate of drug-likeness (QED) is 0.828. The van der Waals surface area contributed by atoms with Gasteiger partial charge in [-0.25, -0.2) is 8.42 Å². The van der Waals surface area contributed by atoms with E-state index < -0.39 is 22.0 Å². The van der Waals surface area contributed by atoms with Crippen LogP contribution in [-0.4, -0.2) is 47.6 Å². The topological polar surface area (TPSA) is 83.5 Å². The first-order chi connectivity index (χ1) is 9.94. The fraction of sp³-hybridized carbons (Fsp3) is 0.857. The maximum atomic E-state index is 12.3. The van der Waals surface area contributed by atoms with Gasteiger partial charge in [-0.3, -0.25) is 14.3 Å². The van der Waals surface area contributed by atoms with Crippen LogP contribution in [0.15, 0.2) is 0 Å². The van der Waals surface area contributed by atoms with Crippen molar-refractivity contribution in [3.63, 3.8) is 0 Å². The lowest BCUT2D eigenvalue weighted by molar-refractivity contribution is -0.137. The molecule has 0 radical (unpaired) electrons. The van der Waals surface area contributed by atoms with Crippen LogP contribution in [0, 0.1) is 5.41 Å². The molecule has 0 saturated carbocycles. The van der Waals surface area contributed by atoms with Crippen LogP contribution in [0.4, 0.5) is 0 Å². The summed E-state index contributed by atoms with van der Waals surface area (Å²) in [4.78, 5) is 25.5. The van der Waals surface area contributed by atoms with Crippen molar-refractivity contribution in [1.82, 2.24) is 9.62 Å². The van der Waals surface area contributed by atoms with E-state index in [9.17, 15) is 18.0 Å². The highest BCUT2D eigenvalue weighted by Crippen LogP contribution is 2.47. The van der Waals surface area contributed by atoms with Crippen molar-refractivity contribution in [2.24, 2.45) is 5.41 Å². The minimum absolute atomic E-state index is 0.0697. The van der Waals surface area contributed by atoms with E-state index in [0.29, 0.717) is 25.0 Å². The number of rotatable bonds is 4. The normalized spacial score (nSPS) is 28.8. The molecule has 126 valence electrons. The minimum atomic E-state index is -3.66. The Morgan fingerprint density at radius 3 is 2.68 bits per heavy atom. The van der Waals surface area contributed by atoms with E-state index in [0.717, 1.165) is 0 Å². The summed E-state index contributed by atoms with van der Waals surface area (Å²) in [7, 11) is -3.66. The Morgan fingerprint density at radius 1 is 1.45 bits per heavy atom. The van der Waals surface area contributed by atoms with Crippen LogP contribution in [0.25, 0.3) is 0 Å². The molecule has 0 spiro atoms. The van der Waals surface area contributed by atoms with Crippen molar-refractivity contribution in [1.29, 1.82) is 0 Å². The van der Waals surface area contributed by atoms with Gasteiger partial charge in [0.25, 0.3) is 5.91 Å². The molecule has 0 aromatic heterocycles. The summed E-state index contributed by atoms with van der Waals surface area (Å²) in [5, 5.41) is 0. The third kappa shape index (κ3) is 3.76. The molecule has 0 unspecified atom stereocenters. The molecule has 2 amide bonds. The van der Waals surface area contributed by atoms with Gasteiger partial charge >= 0.3 is 0 Å². The third-order valence-corrected chi connectivity index (χ3v) is 6.88. The smallest absolute Gasteiger partial charge is 0.257 e. The average Bonchev–Trinajstić information content (AvgIpc) is 2.84. The number of carbonyl (C=O) groups excluding carboxylic acids is 2. The highest BCUT2D eigenvalue weighted by Gasteiger charge is 2.53. The van der Waals surface area contributed by atoms with Crippen LogP contribution in [0.5, 0.6) is 0 Å². The molecule has 0 bridgehead atoms. The second-order valence-electron chi connectivity index (χ2n) is 7.36. The maximum Gasteiger partial charge on any atom is 0.257 e. The van der Waals surface area contributed by atoms with Crippen LogP contribution < -0.4 is 4.72 Å². The lowest BCUT2D eigenvalue weighted by Crippen LogP contribution is -2.51. The fourth-order valence-corrected chi connectivity index (χ4v) is 5.59. The van der Waals surface area contributed by atoms with Gasteiger partial charge in [0.15, 0.2) is 0 Å². The number of hydrogen-bond donors (Lipinski definition) is 1. The molecule has 2 atom stereocenters. The Bertz CT molecular complexity index is 582. The number of nitrogens with zero attached hydrogens (tertiary/aromatic N) is 1. The van der Waals surface area contributed by atoms with Crippen LogP contribution in [-0.2, 0) is 19.6 Å². The first kappa shape index (κ1) is 17.6.